The van der Waals surface area contributed by atoms with Gasteiger partial charge < -0.3 is 15.6 Å². The number of aromatic amines is 1. The number of ether oxygens (including phenoxy) is 1. The molecule has 3 atom stereocenters. The summed E-state index contributed by atoms with van der Waals surface area (Å²) in [7, 11) is 0. The van der Waals surface area contributed by atoms with Gasteiger partial charge in [-0.25, -0.2) is 4.79 Å². The van der Waals surface area contributed by atoms with Crippen molar-refractivity contribution in [1.82, 2.24) is 9.55 Å². The van der Waals surface area contributed by atoms with Crippen molar-refractivity contribution in [2.24, 2.45) is 5.73 Å². The molecule has 1 aromatic heterocycles. The number of aromatic nitrogens is 2. The summed E-state index contributed by atoms with van der Waals surface area (Å²) in [6.07, 6.45) is -0.0487. The van der Waals surface area contributed by atoms with Gasteiger partial charge in [-0.2, -0.15) is 0 Å². The monoisotopic (exact) mass is 251 g/mol. The first-order valence-electron chi connectivity index (χ1n) is 5.43. The van der Waals surface area contributed by atoms with E-state index >= 15 is 0 Å². The zero-order chi connectivity index (χ0) is 13.3. The maximum Gasteiger partial charge on any atom is 0.330 e. The van der Waals surface area contributed by atoms with Crippen LogP contribution in [0.3, 0.4) is 0 Å². The fourth-order valence-corrected chi connectivity index (χ4v) is 1.84. The van der Waals surface area contributed by atoms with Gasteiger partial charge >= 0.3 is 5.69 Å². The van der Waals surface area contributed by atoms with E-state index in [0.29, 0.717) is 0 Å². The normalized spacial score (nSPS) is 26.7. The molecular formula is C11H13N3O4. The highest BCUT2D eigenvalue weighted by Gasteiger charge is 2.32. The SMILES string of the molecule is CC1OC(n2cc(C#CN)c(=O)[nH]c2=O)CC1O. The Bertz CT molecular complexity index is 612. The Hall–Kier alpha value is -2.04. The first-order valence-corrected chi connectivity index (χ1v) is 5.43. The molecule has 4 N–H and O–H groups in total. The fraction of sp³-hybridized carbons (Fsp3) is 0.455. The summed E-state index contributed by atoms with van der Waals surface area (Å²) in [5.74, 6) is 2.40. The van der Waals surface area contributed by atoms with E-state index in [4.69, 9.17) is 10.5 Å². The van der Waals surface area contributed by atoms with Gasteiger partial charge in [0.05, 0.1) is 12.2 Å². The lowest BCUT2D eigenvalue weighted by Crippen LogP contribution is -2.33. The van der Waals surface area contributed by atoms with Gasteiger partial charge in [-0.1, -0.05) is 0 Å². The number of nitrogens with two attached hydrogens (primary N) is 1. The molecule has 0 aromatic carbocycles. The van der Waals surface area contributed by atoms with Crippen LogP contribution < -0.4 is 17.0 Å². The third-order valence-corrected chi connectivity index (χ3v) is 2.84. The number of nitrogens with zero attached hydrogens (tertiary/aromatic N) is 1. The van der Waals surface area contributed by atoms with Gasteiger partial charge in [0.2, 0.25) is 0 Å². The predicted molar refractivity (Wildman–Crippen MR) is 62.6 cm³/mol. The molecule has 1 aliphatic rings. The van der Waals surface area contributed by atoms with E-state index < -0.39 is 23.6 Å². The van der Waals surface area contributed by atoms with Crippen LogP contribution in [0, 0.1) is 12.0 Å². The highest BCUT2D eigenvalue weighted by atomic mass is 16.5. The lowest BCUT2D eigenvalue weighted by molar-refractivity contribution is -0.0101. The largest absolute Gasteiger partial charge is 0.390 e. The third-order valence-electron chi connectivity index (χ3n) is 2.84. The Morgan fingerprint density at radius 3 is 2.89 bits per heavy atom. The molecule has 7 heteroatoms. The fourth-order valence-electron chi connectivity index (χ4n) is 1.84. The zero-order valence-corrected chi connectivity index (χ0v) is 9.71. The summed E-state index contributed by atoms with van der Waals surface area (Å²) in [5.41, 5.74) is 3.92. The molecule has 96 valence electrons. The van der Waals surface area contributed by atoms with E-state index in [1.54, 1.807) is 6.92 Å². The molecule has 1 saturated heterocycles. The van der Waals surface area contributed by atoms with Crippen LogP contribution in [0.1, 0.15) is 25.1 Å². The van der Waals surface area contributed by atoms with Gasteiger partial charge in [0.15, 0.2) is 0 Å². The molecule has 18 heavy (non-hydrogen) atoms. The van der Waals surface area contributed by atoms with Crippen LogP contribution >= 0.6 is 0 Å². The Morgan fingerprint density at radius 1 is 1.61 bits per heavy atom. The van der Waals surface area contributed by atoms with Crippen LogP contribution in [0.4, 0.5) is 0 Å². The second kappa shape index (κ2) is 4.68. The Balaban J connectivity index is 2.45. The number of aliphatic hydroxyl groups is 1. The van der Waals surface area contributed by atoms with Crippen molar-refractivity contribution in [2.75, 3.05) is 0 Å². The minimum absolute atomic E-state index is 0.0785. The molecule has 2 heterocycles. The molecular weight excluding hydrogens is 238 g/mol. The Labute approximate surface area is 102 Å². The quantitative estimate of drug-likeness (QED) is 0.414. The highest BCUT2D eigenvalue weighted by molar-refractivity contribution is 5.28. The standard InChI is InChI=1S/C11H13N3O4/c1-6-8(15)4-9(18-6)14-5-7(2-3-12)10(16)13-11(14)17/h5-6,8-9,15H,4,12H2,1H3,(H,13,16,17). The summed E-state index contributed by atoms with van der Waals surface area (Å²) in [6, 6.07) is 2.10. The molecule has 2 rings (SSSR count). The third kappa shape index (κ3) is 2.16. The summed E-state index contributed by atoms with van der Waals surface area (Å²) >= 11 is 0. The van der Waals surface area contributed by atoms with Crippen LogP contribution in [-0.2, 0) is 4.74 Å². The molecule has 1 aliphatic heterocycles. The molecule has 7 nitrogen and oxygen atoms in total. The van der Waals surface area contributed by atoms with Crippen LogP contribution in [0.25, 0.3) is 0 Å². The van der Waals surface area contributed by atoms with Crippen molar-refractivity contribution in [3.63, 3.8) is 0 Å². The zero-order valence-electron chi connectivity index (χ0n) is 9.71. The van der Waals surface area contributed by atoms with Crippen molar-refractivity contribution in [3.05, 3.63) is 32.6 Å². The highest BCUT2D eigenvalue weighted by Crippen LogP contribution is 2.26. The van der Waals surface area contributed by atoms with Gasteiger partial charge in [0.1, 0.15) is 11.8 Å². The minimum Gasteiger partial charge on any atom is -0.390 e. The number of nitrogens with one attached hydrogen (secondary N) is 1. The summed E-state index contributed by atoms with van der Waals surface area (Å²) in [5, 5.41) is 9.59. The second-order valence-corrected chi connectivity index (χ2v) is 4.08. The first kappa shape index (κ1) is 12.4. The summed E-state index contributed by atoms with van der Waals surface area (Å²) in [4.78, 5) is 25.2. The van der Waals surface area contributed by atoms with Crippen molar-refractivity contribution in [3.8, 4) is 12.0 Å². The van der Waals surface area contributed by atoms with E-state index in [0.717, 1.165) is 0 Å². The molecule has 0 aliphatic carbocycles. The van der Waals surface area contributed by atoms with Gasteiger partial charge in [-0.3, -0.25) is 14.3 Å². The topological polar surface area (TPSA) is 110 Å². The molecule has 0 bridgehead atoms. The maximum absolute atomic E-state index is 11.7. The smallest absolute Gasteiger partial charge is 0.330 e. The van der Waals surface area contributed by atoms with Crippen LogP contribution in [0.2, 0.25) is 0 Å². The van der Waals surface area contributed by atoms with E-state index in [1.807, 2.05) is 0 Å². The minimum atomic E-state index is -0.641. The van der Waals surface area contributed by atoms with Crippen molar-refractivity contribution in [2.45, 2.75) is 31.8 Å². The maximum atomic E-state index is 11.7. The summed E-state index contributed by atoms with van der Waals surface area (Å²) < 4.78 is 6.63. The van der Waals surface area contributed by atoms with Crippen molar-refractivity contribution in [1.29, 1.82) is 0 Å². The Morgan fingerprint density at radius 2 is 2.33 bits per heavy atom. The number of rotatable bonds is 1. The van der Waals surface area contributed by atoms with Gasteiger partial charge in [-0.15, -0.1) is 0 Å². The average Bonchev–Trinajstić information content (AvgIpc) is 2.63. The average molecular weight is 251 g/mol. The van der Waals surface area contributed by atoms with E-state index in [9.17, 15) is 14.7 Å². The number of H-pyrrole nitrogens is 1. The van der Waals surface area contributed by atoms with E-state index in [2.05, 4.69) is 16.9 Å². The summed E-state index contributed by atoms with van der Waals surface area (Å²) in [6.45, 7) is 1.71. The van der Waals surface area contributed by atoms with E-state index in [1.165, 1.54) is 10.8 Å². The van der Waals surface area contributed by atoms with Crippen LogP contribution in [0.15, 0.2) is 15.8 Å². The number of hydrogen-bond donors (Lipinski definition) is 3. The van der Waals surface area contributed by atoms with Crippen LogP contribution in [-0.4, -0.2) is 26.9 Å². The van der Waals surface area contributed by atoms with Crippen molar-refractivity contribution >= 4 is 0 Å². The van der Waals surface area contributed by atoms with Gasteiger partial charge in [0.25, 0.3) is 5.56 Å². The molecule has 0 saturated carbocycles. The van der Waals surface area contributed by atoms with Crippen LogP contribution in [0.5, 0.6) is 0 Å². The molecule has 0 amide bonds. The van der Waals surface area contributed by atoms with Crippen molar-refractivity contribution < 1.29 is 9.84 Å². The molecule has 1 fully saturated rings. The predicted octanol–water partition coefficient (Wildman–Crippen LogP) is -1.53. The first-order chi connectivity index (χ1) is 8.52. The molecule has 0 radical (unpaired) electrons. The van der Waals surface area contributed by atoms with Gasteiger partial charge in [-0.05, 0) is 12.8 Å². The Kier molecular flexibility index (Phi) is 3.23. The number of hydrogen-bond acceptors (Lipinski definition) is 5. The molecule has 1 aromatic rings. The second-order valence-electron chi connectivity index (χ2n) is 4.08. The lowest BCUT2D eigenvalue weighted by atomic mass is 10.2. The molecule has 3 unspecified atom stereocenters. The number of aliphatic hydroxyl groups excluding tert-OH is 1. The van der Waals surface area contributed by atoms with Gasteiger partial charge in [0, 0.05) is 18.7 Å². The lowest BCUT2D eigenvalue weighted by Gasteiger charge is -2.13. The van der Waals surface area contributed by atoms with E-state index in [-0.39, 0.29) is 18.1 Å². The molecule has 0 spiro atoms.